The van der Waals surface area contributed by atoms with Gasteiger partial charge in [-0.2, -0.15) is 0 Å². The molecule has 156 valence electrons. The van der Waals surface area contributed by atoms with Gasteiger partial charge < -0.3 is 19.9 Å². The van der Waals surface area contributed by atoms with E-state index < -0.39 is 0 Å². The van der Waals surface area contributed by atoms with Gasteiger partial charge in [-0.25, -0.2) is 0 Å². The number of ether oxygens (including phenoxy) is 1. The fraction of sp³-hybridized carbons (Fsp3) is 0.190. The minimum atomic E-state index is -0.114. The van der Waals surface area contributed by atoms with Crippen LogP contribution in [0.5, 0.6) is 5.75 Å². The van der Waals surface area contributed by atoms with Crippen LogP contribution in [0, 0.1) is 3.57 Å². The molecule has 30 heavy (non-hydrogen) atoms. The number of aromatic nitrogens is 3. The van der Waals surface area contributed by atoms with E-state index in [2.05, 4.69) is 50.0 Å². The van der Waals surface area contributed by atoms with Crippen molar-refractivity contribution in [2.75, 3.05) is 23.5 Å². The van der Waals surface area contributed by atoms with Crippen molar-refractivity contribution in [3.63, 3.8) is 0 Å². The van der Waals surface area contributed by atoms with E-state index in [0.29, 0.717) is 18.2 Å². The number of hydrogen-bond acceptors (Lipinski definition) is 6. The molecule has 0 radical (unpaired) electrons. The zero-order chi connectivity index (χ0) is 21.3. The first-order valence-corrected chi connectivity index (χ1v) is 11.2. The van der Waals surface area contributed by atoms with Crippen molar-refractivity contribution >= 4 is 51.6 Å². The summed E-state index contributed by atoms with van der Waals surface area (Å²) in [6.45, 7) is 4.91. The fourth-order valence-electron chi connectivity index (χ4n) is 2.62. The normalized spacial score (nSPS) is 10.5. The SMILES string of the molecule is C=CCn1c(CNc2ccc(I)cc2)nnc1SCC(=O)Nc1ccc(OC)cc1. The lowest BCUT2D eigenvalue weighted by atomic mass is 10.3. The van der Waals surface area contributed by atoms with Crippen LogP contribution < -0.4 is 15.4 Å². The van der Waals surface area contributed by atoms with Crippen LogP contribution in [-0.4, -0.2) is 33.5 Å². The number of nitrogens with zero attached hydrogens (tertiary/aromatic N) is 3. The predicted molar refractivity (Wildman–Crippen MR) is 129 cm³/mol. The van der Waals surface area contributed by atoms with E-state index >= 15 is 0 Å². The summed E-state index contributed by atoms with van der Waals surface area (Å²) in [4.78, 5) is 12.3. The molecule has 0 saturated carbocycles. The lowest BCUT2D eigenvalue weighted by Crippen LogP contribution is -2.15. The number of amides is 1. The minimum absolute atomic E-state index is 0.114. The molecular weight excluding hydrogens is 513 g/mol. The van der Waals surface area contributed by atoms with Crippen LogP contribution in [0.1, 0.15) is 5.82 Å². The highest BCUT2D eigenvalue weighted by molar-refractivity contribution is 14.1. The second-order valence-corrected chi connectivity index (χ2v) is 8.41. The maximum absolute atomic E-state index is 12.3. The largest absolute Gasteiger partial charge is 0.497 e. The number of anilines is 2. The third-order valence-corrected chi connectivity index (χ3v) is 5.79. The predicted octanol–water partition coefficient (Wildman–Crippen LogP) is 4.42. The number of allylic oxidation sites excluding steroid dienone is 1. The van der Waals surface area contributed by atoms with Gasteiger partial charge in [0.2, 0.25) is 5.91 Å². The van der Waals surface area contributed by atoms with Gasteiger partial charge in [-0.15, -0.1) is 16.8 Å². The standard InChI is InChI=1S/C21H22IN5O2S/c1-3-12-27-19(13-23-16-6-4-15(22)5-7-16)25-26-21(27)30-14-20(28)24-17-8-10-18(29-2)11-9-17/h3-11,23H,1,12-14H2,2H3,(H,24,28). The van der Waals surface area contributed by atoms with E-state index in [9.17, 15) is 4.79 Å². The molecule has 0 bridgehead atoms. The average Bonchev–Trinajstić information content (AvgIpc) is 3.14. The van der Waals surface area contributed by atoms with Crippen LogP contribution in [0.25, 0.3) is 0 Å². The van der Waals surface area contributed by atoms with Gasteiger partial charge in [0.05, 0.1) is 19.4 Å². The Balaban J connectivity index is 1.58. The summed E-state index contributed by atoms with van der Waals surface area (Å²) >= 11 is 3.62. The summed E-state index contributed by atoms with van der Waals surface area (Å²) in [6, 6.07) is 15.3. The third-order valence-electron chi connectivity index (χ3n) is 4.11. The van der Waals surface area contributed by atoms with E-state index in [4.69, 9.17) is 4.74 Å². The molecule has 3 aromatic rings. The highest BCUT2D eigenvalue weighted by Gasteiger charge is 2.13. The lowest BCUT2D eigenvalue weighted by molar-refractivity contribution is -0.113. The zero-order valence-electron chi connectivity index (χ0n) is 16.5. The summed E-state index contributed by atoms with van der Waals surface area (Å²) in [6.07, 6.45) is 1.79. The molecule has 0 aliphatic heterocycles. The summed E-state index contributed by atoms with van der Waals surface area (Å²) in [5, 5.41) is 15.4. The number of halogens is 1. The van der Waals surface area contributed by atoms with Crippen molar-refractivity contribution in [1.82, 2.24) is 14.8 Å². The monoisotopic (exact) mass is 535 g/mol. The van der Waals surface area contributed by atoms with E-state index in [1.165, 1.54) is 15.3 Å². The molecule has 3 rings (SSSR count). The summed E-state index contributed by atoms with van der Waals surface area (Å²) < 4.78 is 8.26. The molecule has 0 aliphatic rings. The van der Waals surface area contributed by atoms with Crippen LogP contribution in [0.15, 0.2) is 66.3 Å². The topological polar surface area (TPSA) is 81.1 Å². The maximum atomic E-state index is 12.3. The molecule has 1 amide bonds. The van der Waals surface area contributed by atoms with Crippen molar-refractivity contribution < 1.29 is 9.53 Å². The van der Waals surface area contributed by atoms with E-state index in [1.54, 1.807) is 37.5 Å². The summed E-state index contributed by atoms with van der Waals surface area (Å²) in [5.74, 6) is 1.64. The minimum Gasteiger partial charge on any atom is -0.497 e. The second kappa shape index (κ2) is 11.0. The quantitative estimate of drug-likeness (QED) is 0.227. The molecule has 2 aromatic carbocycles. The number of thioether (sulfide) groups is 1. The maximum Gasteiger partial charge on any atom is 0.234 e. The fourth-order valence-corrected chi connectivity index (χ4v) is 3.75. The Morgan fingerprint density at radius 2 is 1.87 bits per heavy atom. The number of rotatable bonds is 10. The first-order chi connectivity index (χ1) is 14.6. The van der Waals surface area contributed by atoms with E-state index in [-0.39, 0.29) is 11.7 Å². The molecule has 2 N–H and O–H groups in total. The molecule has 0 aliphatic carbocycles. The number of carbonyl (C=O) groups excluding carboxylic acids is 1. The lowest BCUT2D eigenvalue weighted by Gasteiger charge is -2.10. The molecule has 0 fully saturated rings. The van der Waals surface area contributed by atoms with Crippen molar-refractivity contribution in [3.05, 3.63) is 70.6 Å². The van der Waals surface area contributed by atoms with Gasteiger partial charge in [0.25, 0.3) is 0 Å². The van der Waals surface area contributed by atoms with Crippen molar-refractivity contribution in [2.24, 2.45) is 0 Å². The Labute approximate surface area is 193 Å². The molecule has 1 heterocycles. The molecular formula is C21H22IN5O2S. The van der Waals surface area contributed by atoms with Crippen LogP contribution in [-0.2, 0) is 17.9 Å². The summed E-state index contributed by atoms with van der Waals surface area (Å²) in [5.41, 5.74) is 1.73. The van der Waals surface area contributed by atoms with Gasteiger partial charge in [-0.1, -0.05) is 17.8 Å². The number of hydrogen-bond donors (Lipinski definition) is 2. The highest BCUT2D eigenvalue weighted by Crippen LogP contribution is 2.20. The van der Waals surface area contributed by atoms with Gasteiger partial charge in [-0.05, 0) is 71.1 Å². The summed E-state index contributed by atoms with van der Waals surface area (Å²) in [7, 11) is 1.61. The zero-order valence-corrected chi connectivity index (χ0v) is 19.4. The molecule has 0 spiro atoms. The molecule has 0 saturated heterocycles. The first-order valence-electron chi connectivity index (χ1n) is 9.18. The van der Waals surface area contributed by atoms with Crippen LogP contribution in [0.2, 0.25) is 0 Å². The Bertz CT molecular complexity index is 990. The van der Waals surface area contributed by atoms with Crippen molar-refractivity contribution in [1.29, 1.82) is 0 Å². The van der Waals surface area contributed by atoms with Crippen LogP contribution >= 0.6 is 34.4 Å². The number of carbonyl (C=O) groups is 1. The molecule has 1 aromatic heterocycles. The number of benzene rings is 2. The Hall–Kier alpha value is -2.53. The third kappa shape index (κ3) is 6.23. The second-order valence-electron chi connectivity index (χ2n) is 6.22. The highest BCUT2D eigenvalue weighted by atomic mass is 127. The van der Waals surface area contributed by atoms with Gasteiger partial charge in [0.15, 0.2) is 11.0 Å². The van der Waals surface area contributed by atoms with E-state index in [0.717, 1.165) is 22.9 Å². The molecule has 0 atom stereocenters. The van der Waals surface area contributed by atoms with Gasteiger partial charge in [0, 0.05) is 21.5 Å². The van der Waals surface area contributed by atoms with Gasteiger partial charge >= 0.3 is 0 Å². The molecule has 0 unspecified atom stereocenters. The molecule has 9 heteroatoms. The Morgan fingerprint density at radius 1 is 1.17 bits per heavy atom. The molecule has 7 nitrogen and oxygen atoms in total. The van der Waals surface area contributed by atoms with Crippen molar-refractivity contribution in [3.8, 4) is 5.75 Å². The number of methoxy groups -OCH3 is 1. The van der Waals surface area contributed by atoms with Crippen molar-refractivity contribution in [2.45, 2.75) is 18.2 Å². The smallest absolute Gasteiger partial charge is 0.234 e. The van der Waals surface area contributed by atoms with Gasteiger partial charge in [0.1, 0.15) is 5.75 Å². The Kier molecular flexibility index (Phi) is 8.14. The average molecular weight is 535 g/mol. The van der Waals surface area contributed by atoms with Crippen LogP contribution in [0.3, 0.4) is 0 Å². The first kappa shape index (κ1) is 22.2. The number of nitrogens with one attached hydrogen (secondary N) is 2. The van der Waals surface area contributed by atoms with Crippen LogP contribution in [0.4, 0.5) is 11.4 Å². The van der Waals surface area contributed by atoms with Gasteiger partial charge in [-0.3, -0.25) is 4.79 Å². The Morgan fingerprint density at radius 3 is 2.53 bits per heavy atom. The van der Waals surface area contributed by atoms with E-state index in [1.807, 2.05) is 28.8 Å².